The van der Waals surface area contributed by atoms with E-state index in [0.29, 0.717) is 0 Å². The summed E-state index contributed by atoms with van der Waals surface area (Å²) in [6, 6.07) is 0. The molecule has 0 aromatic heterocycles. The van der Waals surface area contributed by atoms with E-state index in [1.54, 1.807) is 0 Å². The van der Waals surface area contributed by atoms with Gasteiger partial charge >= 0.3 is 0 Å². The van der Waals surface area contributed by atoms with Crippen molar-refractivity contribution in [3.8, 4) is 0 Å². The van der Waals surface area contributed by atoms with Crippen LogP contribution < -0.4 is 6.15 Å². The Kier molecular flexibility index (Phi) is 5.06. The summed E-state index contributed by atoms with van der Waals surface area (Å²) in [5.74, 6) is 0. The van der Waals surface area contributed by atoms with Crippen LogP contribution in [0.3, 0.4) is 0 Å². The molecular formula is C4H12BrNO. The van der Waals surface area contributed by atoms with Crippen molar-refractivity contribution in [3.05, 3.63) is 0 Å². The standard InChI is InChI=1S/C4H9BrO.H3N/c1-4(2,5)3-6;/h6H,3H2,1-2H3;1H3. The van der Waals surface area contributed by atoms with Gasteiger partial charge in [0, 0.05) is 4.32 Å². The average Bonchev–Trinajstić information content (AvgIpc) is 1.35. The Hall–Kier alpha value is 0.400. The minimum atomic E-state index is -0.0903. The summed E-state index contributed by atoms with van der Waals surface area (Å²) in [5.41, 5.74) is 0. The maximum Gasteiger partial charge on any atom is 0.0579 e. The van der Waals surface area contributed by atoms with Gasteiger partial charge in [-0.15, -0.1) is 0 Å². The van der Waals surface area contributed by atoms with Crippen molar-refractivity contribution in [2.45, 2.75) is 18.2 Å². The quantitative estimate of drug-likeness (QED) is 0.583. The first kappa shape index (κ1) is 10.4. The molecule has 2 nitrogen and oxygen atoms in total. The van der Waals surface area contributed by atoms with Crippen molar-refractivity contribution in [1.82, 2.24) is 6.15 Å². The number of hydrogen-bond acceptors (Lipinski definition) is 2. The van der Waals surface area contributed by atoms with Gasteiger partial charge in [0.25, 0.3) is 0 Å². The molecule has 0 bridgehead atoms. The smallest absolute Gasteiger partial charge is 0.0579 e. The fourth-order valence-corrected chi connectivity index (χ4v) is 0. The predicted octanol–water partition coefficient (Wildman–Crippen LogP) is 1.31. The Labute approximate surface area is 52.6 Å². The van der Waals surface area contributed by atoms with Gasteiger partial charge in [0.15, 0.2) is 0 Å². The topological polar surface area (TPSA) is 55.2 Å². The van der Waals surface area contributed by atoms with Gasteiger partial charge in [-0.05, 0) is 13.8 Å². The first-order valence-corrected chi connectivity index (χ1v) is 2.65. The average molecular weight is 170 g/mol. The van der Waals surface area contributed by atoms with Crippen molar-refractivity contribution >= 4 is 15.9 Å². The van der Waals surface area contributed by atoms with Gasteiger partial charge in [-0.1, -0.05) is 15.9 Å². The van der Waals surface area contributed by atoms with E-state index in [9.17, 15) is 0 Å². The van der Waals surface area contributed by atoms with Crippen LogP contribution in [0.5, 0.6) is 0 Å². The third kappa shape index (κ3) is 10.7. The molecule has 3 heteroatoms. The highest BCUT2D eigenvalue weighted by atomic mass is 79.9. The number of halogens is 1. The zero-order valence-electron chi connectivity index (χ0n) is 4.74. The highest BCUT2D eigenvalue weighted by Gasteiger charge is 2.07. The van der Waals surface area contributed by atoms with Crippen LogP contribution in [0.4, 0.5) is 0 Å². The van der Waals surface area contributed by atoms with E-state index in [0.717, 1.165) is 0 Å². The lowest BCUT2D eigenvalue weighted by molar-refractivity contribution is 0.268. The van der Waals surface area contributed by atoms with Crippen LogP contribution in [-0.4, -0.2) is 16.0 Å². The molecule has 0 heterocycles. The van der Waals surface area contributed by atoms with E-state index in [-0.39, 0.29) is 17.1 Å². The molecular weight excluding hydrogens is 158 g/mol. The molecule has 7 heavy (non-hydrogen) atoms. The highest BCUT2D eigenvalue weighted by molar-refractivity contribution is 9.10. The van der Waals surface area contributed by atoms with Crippen LogP contribution in [0.15, 0.2) is 0 Å². The van der Waals surface area contributed by atoms with Crippen molar-refractivity contribution in [1.29, 1.82) is 0 Å². The fraction of sp³-hybridized carbons (Fsp3) is 1.00. The molecule has 0 atom stereocenters. The van der Waals surface area contributed by atoms with Crippen LogP contribution in [0.1, 0.15) is 13.8 Å². The molecule has 0 amide bonds. The molecule has 0 radical (unpaired) electrons. The molecule has 0 spiro atoms. The number of hydrogen-bond donors (Lipinski definition) is 2. The molecule has 0 unspecified atom stereocenters. The Bertz CT molecular complexity index is 41.4. The second-order valence-electron chi connectivity index (χ2n) is 1.88. The van der Waals surface area contributed by atoms with Crippen molar-refractivity contribution in [2.24, 2.45) is 0 Å². The minimum absolute atomic E-state index is 0. The Morgan fingerprint density at radius 3 is 1.71 bits per heavy atom. The van der Waals surface area contributed by atoms with Crippen LogP contribution >= 0.6 is 15.9 Å². The summed E-state index contributed by atoms with van der Waals surface area (Å²) in [7, 11) is 0. The minimum Gasteiger partial charge on any atom is -0.395 e. The van der Waals surface area contributed by atoms with Gasteiger partial charge in [-0.25, -0.2) is 0 Å². The molecule has 0 aromatic rings. The summed E-state index contributed by atoms with van der Waals surface area (Å²) in [6.07, 6.45) is 0. The van der Waals surface area contributed by atoms with E-state index < -0.39 is 0 Å². The first-order valence-electron chi connectivity index (χ1n) is 1.86. The summed E-state index contributed by atoms with van der Waals surface area (Å²) in [6.45, 7) is 4.01. The monoisotopic (exact) mass is 169 g/mol. The molecule has 0 aliphatic heterocycles. The van der Waals surface area contributed by atoms with Crippen molar-refractivity contribution in [3.63, 3.8) is 0 Å². The molecule has 0 aliphatic rings. The number of aliphatic hydroxyl groups excluding tert-OH is 1. The fourth-order valence-electron chi connectivity index (χ4n) is 0. The normalized spacial score (nSPS) is 10.3. The highest BCUT2D eigenvalue weighted by Crippen LogP contribution is 2.12. The first-order chi connectivity index (χ1) is 2.56. The number of alkyl halides is 1. The second kappa shape index (κ2) is 3.41. The molecule has 0 fully saturated rings. The summed E-state index contributed by atoms with van der Waals surface area (Å²) in [4.78, 5) is 0. The maximum absolute atomic E-state index is 8.36. The van der Waals surface area contributed by atoms with E-state index in [1.807, 2.05) is 13.8 Å². The van der Waals surface area contributed by atoms with Gasteiger partial charge in [0.1, 0.15) is 0 Å². The van der Waals surface area contributed by atoms with Gasteiger partial charge in [0.2, 0.25) is 0 Å². The maximum atomic E-state index is 8.36. The van der Waals surface area contributed by atoms with Crippen LogP contribution in [-0.2, 0) is 0 Å². The summed E-state index contributed by atoms with van der Waals surface area (Å²) >= 11 is 3.23. The largest absolute Gasteiger partial charge is 0.395 e. The third-order valence-electron chi connectivity index (χ3n) is 0.376. The summed E-state index contributed by atoms with van der Waals surface area (Å²) < 4.78 is -0.0903. The van der Waals surface area contributed by atoms with Gasteiger partial charge in [-0.2, -0.15) is 0 Å². The number of rotatable bonds is 1. The predicted molar refractivity (Wildman–Crippen MR) is 35.1 cm³/mol. The Morgan fingerprint density at radius 1 is 1.57 bits per heavy atom. The second-order valence-corrected chi connectivity index (χ2v) is 4.02. The lowest BCUT2D eigenvalue weighted by atomic mass is 10.2. The Morgan fingerprint density at radius 2 is 1.71 bits per heavy atom. The Balaban J connectivity index is 0. The van der Waals surface area contributed by atoms with Crippen LogP contribution in [0, 0.1) is 0 Å². The van der Waals surface area contributed by atoms with E-state index >= 15 is 0 Å². The van der Waals surface area contributed by atoms with E-state index in [4.69, 9.17) is 5.11 Å². The van der Waals surface area contributed by atoms with E-state index in [2.05, 4.69) is 15.9 Å². The lowest BCUT2D eigenvalue weighted by Crippen LogP contribution is -2.14. The third-order valence-corrected chi connectivity index (χ3v) is 0.627. The SMILES string of the molecule is CC(C)(Br)CO.N. The van der Waals surface area contributed by atoms with Crippen molar-refractivity contribution in [2.75, 3.05) is 6.61 Å². The molecule has 0 aromatic carbocycles. The van der Waals surface area contributed by atoms with Gasteiger partial charge in [-0.3, -0.25) is 0 Å². The molecule has 46 valence electrons. The molecule has 4 N–H and O–H groups in total. The summed E-state index contributed by atoms with van der Waals surface area (Å²) in [5, 5.41) is 8.36. The van der Waals surface area contributed by atoms with Crippen molar-refractivity contribution < 1.29 is 5.11 Å². The van der Waals surface area contributed by atoms with Crippen LogP contribution in [0.2, 0.25) is 0 Å². The van der Waals surface area contributed by atoms with E-state index in [1.165, 1.54) is 0 Å². The molecule has 0 rings (SSSR count). The molecule has 0 saturated heterocycles. The van der Waals surface area contributed by atoms with Gasteiger partial charge in [0.05, 0.1) is 6.61 Å². The molecule has 0 aliphatic carbocycles. The zero-order chi connectivity index (χ0) is 5.21. The zero-order valence-corrected chi connectivity index (χ0v) is 6.33. The lowest BCUT2D eigenvalue weighted by Gasteiger charge is -2.08. The molecule has 0 saturated carbocycles. The van der Waals surface area contributed by atoms with Crippen LogP contribution in [0.25, 0.3) is 0 Å². The number of aliphatic hydroxyl groups is 1. The van der Waals surface area contributed by atoms with Gasteiger partial charge < -0.3 is 11.3 Å².